The maximum absolute atomic E-state index is 11.5. The zero-order valence-corrected chi connectivity index (χ0v) is 14.3. The van der Waals surface area contributed by atoms with Gasteiger partial charge in [-0.3, -0.25) is 0 Å². The Morgan fingerprint density at radius 2 is 1.67 bits per heavy atom. The van der Waals surface area contributed by atoms with Crippen LogP contribution < -0.4 is 0 Å². The first-order valence-corrected chi connectivity index (χ1v) is 9.30. The number of aliphatic hydroxyl groups is 1. The molecule has 2 aromatic carbocycles. The summed E-state index contributed by atoms with van der Waals surface area (Å²) >= 11 is 0. The van der Waals surface area contributed by atoms with E-state index in [1.165, 1.54) is 41.5 Å². The lowest BCUT2D eigenvalue weighted by Gasteiger charge is -2.51. The first-order valence-electron chi connectivity index (χ1n) is 9.30. The molecule has 2 atom stereocenters. The van der Waals surface area contributed by atoms with Crippen molar-refractivity contribution in [3.05, 3.63) is 59.2 Å². The van der Waals surface area contributed by atoms with Gasteiger partial charge in [0.05, 0.1) is 5.60 Å². The molecule has 3 aliphatic rings. The molecule has 0 radical (unpaired) electrons. The third-order valence-electron chi connectivity index (χ3n) is 6.70. The second-order valence-corrected chi connectivity index (χ2v) is 8.05. The van der Waals surface area contributed by atoms with E-state index in [9.17, 15) is 5.11 Å². The lowest BCUT2D eigenvalue weighted by atomic mass is 9.72. The minimum atomic E-state index is -0.647. The highest BCUT2D eigenvalue weighted by Crippen LogP contribution is 2.45. The van der Waals surface area contributed by atoms with Crippen LogP contribution in [0.5, 0.6) is 0 Å². The molecule has 0 spiro atoms. The van der Waals surface area contributed by atoms with Crippen molar-refractivity contribution in [3.8, 4) is 11.1 Å². The number of rotatable bonds is 1. The van der Waals surface area contributed by atoms with Crippen LogP contribution in [0.15, 0.2) is 42.5 Å². The van der Waals surface area contributed by atoms with Crippen LogP contribution in [0.2, 0.25) is 0 Å². The molecule has 24 heavy (non-hydrogen) atoms. The maximum Gasteiger partial charge on any atom is 0.0926 e. The summed E-state index contributed by atoms with van der Waals surface area (Å²) in [6, 6.07) is 16.5. The van der Waals surface area contributed by atoms with E-state index in [0.29, 0.717) is 12.1 Å². The quantitative estimate of drug-likeness (QED) is 0.730. The lowest BCUT2D eigenvalue weighted by Crippen LogP contribution is -2.55. The molecule has 2 heterocycles. The highest BCUT2D eigenvalue weighted by Gasteiger charge is 2.45. The van der Waals surface area contributed by atoms with Crippen LogP contribution in [0.1, 0.15) is 48.8 Å². The van der Waals surface area contributed by atoms with Crippen molar-refractivity contribution in [2.45, 2.75) is 56.2 Å². The molecule has 1 aliphatic carbocycles. The average molecular weight is 319 g/mol. The Morgan fingerprint density at radius 1 is 0.958 bits per heavy atom. The van der Waals surface area contributed by atoms with Crippen LogP contribution in [-0.4, -0.2) is 29.1 Å². The minimum absolute atomic E-state index is 0.535. The summed E-state index contributed by atoms with van der Waals surface area (Å²) in [5.74, 6) is 0. The number of nitrogens with zero attached hydrogens (tertiary/aromatic N) is 1. The fraction of sp³-hybridized carbons (Fsp3) is 0.455. The maximum atomic E-state index is 11.5. The van der Waals surface area contributed by atoms with E-state index in [1.54, 1.807) is 0 Å². The molecule has 2 saturated heterocycles. The summed E-state index contributed by atoms with van der Waals surface area (Å²) < 4.78 is 0. The van der Waals surface area contributed by atoms with Crippen LogP contribution >= 0.6 is 0 Å². The molecule has 0 aromatic heterocycles. The van der Waals surface area contributed by atoms with Gasteiger partial charge in [-0.1, -0.05) is 48.9 Å². The monoisotopic (exact) mass is 319 g/mol. The largest absolute Gasteiger partial charge is 0.385 e. The first kappa shape index (κ1) is 14.7. The van der Waals surface area contributed by atoms with Gasteiger partial charge in [0.25, 0.3) is 0 Å². The van der Waals surface area contributed by atoms with E-state index in [0.717, 1.165) is 24.8 Å². The summed E-state index contributed by atoms with van der Waals surface area (Å²) in [7, 11) is 2.24. The van der Waals surface area contributed by atoms with Gasteiger partial charge in [-0.15, -0.1) is 0 Å². The summed E-state index contributed by atoms with van der Waals surface area (Å²) in [6.07, 6.45) is 6.53. The zero-order valence-electron chi connectivity index (χ0n) is 14.3. The molecule has 5 rings (SSSR count). The Bertz CT molecular complexity index is 782. The Labute approximate surface area is 144 Å². The van der Waals surface area contributed by atoms with Gasteiger partial charge in [-0.05, 0) is 67.0 Å². The molecule has 2 unspecified atom stereocenters. The van der Waals surface area contributed by atoms with Crippen molar-refractivity contribution in [2.75, 3.05) is 7.05 Å². The molecule has 2 aromatic rings. The summed E-state index contributed by atoms with van der Waals surface area (Å²) in [5, 5.41) is 11.5. The van der Waals surface area contributed by atoms with Gasteiger partial charge < -0.3 is 10.0 Å². The van der Waals surface area contributed by atoms with Crippen LogP contribution in [0, 0.1) is 0 Å². The predicted octanol–water partition coefficient (Wildman–Crippen LogP) is 4.09. The van der Waals surface area contributed by atoms with Gasteiger partial charge in [0, 0.05) is 12.1 Å². The Balaban J connectivity index is 1.51. The molecular weight excluding hydrogens is 294 g/mol. The van der Waals surface area contributed by atoms with E-state index in [2.05, 4.69) is 54.4 Å². The van der Waals surface area contributed by atoms with Crippen LogP contribution in [0.3, 0.4) is 0 Å². The second kappa shape index (κ2) is 5.18. The third-order valence-corrected chi connectivity index (χ3v) is 6.70. The predicted molar refractivity (Wildman–Crippen MR) is 97.0 cm³/mol. The van der Waals surface area contributed by atoms with Gasteiger partial charge in [0.15, 0.2) is 0 Å². The Hall–Kier alpha value is -1.64. The van der Waals surface area contributed by atoms with Crippen molar-refractivity contribution in [3.63, 3.8) is 0 Å². The van der Waals surface area contributed by atoms with Crippen LogP contribution in [-0.2, 0) is 12.0 Å². The molecule has 2 nitrogen and oxygen atoms in total. The van der Waals surface area contributed by atoms with E-state index in [-0.39, 0.29) is 0 Å². The van der Waals surface area contributed by atoms with Crippen molar-refractivity contribution in [2.24, 2.45) is 0 Å². The third kappa shape index (κ3) is 2.09. The molecule has 2 heteroatoms. The molecule has 124 valence electrons. The van der Waals surface area contributed by atoms with Gasteiger partial charge >= 0.3 is 0 Å². The topological polar surface area (TPSA) is 23.5 Å². The molecule has 2 fully saturated rings. The van der Waals surface area contributed by atoms with Gasteiger partial charge in [0.2, 0.25) is 0 Å². The number of hydrogen-bond donors (Lipinski definition) is 1. The number of piperidine rings is 2. The Morgan fingerprint density at radius 3 is 2.46 bits per heavy atom. The summed E-state index contributed by atoms with van der Waals surface area (Å²) in [4.78, 5) is 2.52. The molecule has 0 amide bonds. The highest BCUT2D eigenvalue weighted by atomic mass is 16.3. The van der Waals surface area contributed by atoms with Gasteiger partial charge in [-0.2, -0.15) is 0 Å². The Kier molecular flexibility index (Phi) is 3.17. The average Bonchev–Trinajstić information content (AvgIpc) is 2.94. The fourth-order valence-electron chi connectivity index (χ4n) is 5.32. The fourth-order valence-corrected chi connectivity index (χ4v) is 5.32. The van der Waals surface area contributed by atoms with Crippen LogP contribution in [0.25, 0.3) is 11.1 Å². The molecule has 2 aliphatic heterocycles. The van der Waals surface area contributed by atoms with E-state index in [4.69, 9.17) is 0 Å². The minimum Gasteiger partial charge on any atom is -0.385 e. The number of benzene rings is 2. The van der Waals surface area contributed by atoms with E-state index < -0.39 is 5.60 Å². The first-order chi connectivity index (χ1) is 11.6. The van der Waals surface area contributed by atoms with Crippen molar-refractivity contribution >= 4 is 0 Å². The van der Waals surface area contributed by atoms with Gasteiger partial charge in [-0.25, -0.2) is 0 Å². The normalized spacial score (nSPS) is 31.6. The van der Waals surface area contributed by atoms with Gasteiger partial charge in [0.1, 0.15) is 0 Å². The van der Waals surface area contributed by atoms with E-state index >= 15 is 0 Å². The standard InChI is InChI=1S/C22H25NO/c1-23-18-6-4-7-19(23)14-22(24,13-18)17-9-10-21-16(12-17)11-15-5-2-3-8-20(15)21/h2-3,5,8-10,12,18-19,24H,4,6-7,11,13-14H2,1H3. The van der Waals surface area contributed by atoms with Crippen molar-refractivity contribution in [1.82, 2.24) is 4.90 Å². The smallest absolute Gasteiger partial charge is 0.0926 e. The molecule has 1 N–H and O–H groups in total. The zero-order chi connectivity index (χ0) is 16.3. The number of hydrogen-bond acceptors (Lipinski definition) is 2. The molecule has 2 bridgehead atoms. The molecular formula is C22H25NO. The van der Waals surface area contributed by atoms with Crippen molar-refractivity contribution in [1.29, 1.82) is 0 Å². The summed E-state index contributed by atoms with van der Waals surface area (Å²) in [6.45, 7) is 0. The summed E-state index contributed by atoms with van der Waals surface area (Å²) in [5.41, 5.74) is 6.01. The van der Waals surface area contributed by atoms with Crippen LogP contribution in [0.4, 0.5) is 0 Å². The SMILES string of the molecule is CN1C2CCCC1CC(O)(c1ccc3c(c1)Cc1ccccc1-3)C2. The van der Waals surface area contributed by atoms with Crippen molar-refractivity contribution < 1.29 is 5.11 Å². The second-order valence-electron chi connectivity index (χ2n) is 8.05. The number of fused-ring (bicyclic) bond motifs is 5. The lowest BCUT2D eigenvalue weighted by molar-refractivity contribution is -0.0874. The van der Waals surface area contributed by atoms with E-state index in [1.807, 2.05) is 0 Å². The highest BCUT2D eigenvalue weighted by molar-refractivity contribution is 5.77. The molecule has 0 saturated carbocycles.